The average Bonchev–Trinajstić information content (AvgIpc) is 2.80. The van der Waals surface area contributed by atoms with E-state index in [0.717, 1.165) is 57.3 Å². The quantitative estimate of drug-likeness (QED) is 0.417. The number of halogens is 1. The molecule has 1 fully saturated rings. The van der Waals surface area contributed by atoms with Crippen molar-refractivity contribution >= 4 is 35.8 Å². The van der Waals surface area contributed by atoms with E-state index in [0.29, 0.717) is 0 Å². The lowest BCUT2D eigenvalue weighted by molar-refractivity contribution is -0.130. The number of nitrogens with one attached hydrogen (secondary N) is 1. The zero-order valence-electron chi connectivity index (χ0n) is 16.0. The molecule has 1 amide bonds. The molecule has 0 bridgehead atoms. The number of rotatable bonds is 4. The third-order valence-corrected chi connectivity index (χ3v) is 4.64. The monoisotopic (exact) mass is 462 g/mol. The molecular weight excluding hydrogens is 431 g/mol. The second kappa shape index (κ2) is 9.98. The highest BCUT2D eigenvalue weighted by Crippen LogP contribution is 2.12. The molecule has 0 atom stereocenters. The van der Waals surface area contributed by atoms with Crippen molar-refractivity contribution in [3.63, 3.8) is 0 Å². The number of hydrogen-bond acceptors (Lipinski definition) is 3. The van der Waals surface area contributed by atoms with Crippen molar-refractivity contribution in [3.05, 3.63) is 17.0 Å². The summed E-state index contributed by atoms with van der Waals surface area (Å²) in [5, 5.41) is 7.83. The molecule has 2 heterocycles. The fourth-order valence-corrected chi connectivity index (χ4v) is 3.11. The highest BCUT2D eigenvalue weighted by atomic mass is 127. The van der Waals surface area contributed by atoms with Gasteiger partial charge in [-0.1, -0.05) is 0 Å². The Bertz CT molecular complexity index is 605. The van der Waals surface area contributed by atoms with Gasteiger partial charge in [-0.25, -0.2) is 0 Å². The Balaban J connectivity index is 0.00000312. The Hall–Kier alpha value is -1.32. The van der Waals surface area contributed by atoms with Gasteiger partial charge in [0.15, 0.2) is 5.96 Å². The van der Waals surface area contributed by atoms with Crippen LogP contribution in [0.15, 0.2) is 4.99 Å². The van der Waals surface area contributed by atoms with E-state index >= 15 is 0 Å². The van der Waals surface area contributed by atoms with E-state index in [1.54, 1.807) is 6.92 Å². The molecule has 1 saturated heterocycles. The Kier molecular flexibility index (Phi) is 8.67. The standard InChI is InChI=1S/C17H30N6O.HI/c1-6-18-17(23-11-9-22(10-12-23)15(4)24)19-8-7-16-13(2)20-21(5)14(16)3;/h6-12H2,1-5H3,(H,18,19);1H. The normalized spacial score (nSPS) is 15.2. The van der Waals surface area contributed by atoms with Crippen molar-refractivity contribution in [3.8, 4) is 0 Å². The molecule has 2 rings (SSSR count). The third kappa shape index (κ3) is 5.58. The largest absolute Gasteiger partial charge is 0.357 e. The van der Waals surface area contributed by atoms with Gasteiger partial charge in [-0.15, -0.1) is 24.0 Å². The zero-order valence-corrected chi connectivity index (χ0v) is 18.3. The van der Waals surface area contributed by atoms with Gasteiger partial charge >= 0.3 is 0 Å². The van der Waals surface area contributed by atoms with Gasteiger partial charge in [0.05, 0.1) is 5.69 Å². The zero-order chi connectivity index (χ0) is 17.7. The van der Waals surface area contributed by atoms with Crippen molar-refractivity contribution in [2.75, 3.05) is 39.3 Å². The first kappa shape index (κ1) is 21.7. The van der Waals surface area contributed by atoms with E-state index in [1.807, 2.05) is 16.6 Å². The topological polar surface area (TPSA) is 65.8 Å². The fraction of sp³-hybridized carbons (Fsp3) is 0.706. The molecule has 1 aliphatic rings. The van der Waals surface area contributed by atoms with Gasteiger partial charge in [-0.2, -0.15) is 5.10 Å². The van der Waals surface area contributed by atoms with Crippen molar-refractivity contribution in [1.82, 2.24) is 24.9 Å². The Labute approximate surface area is 167 Å². The number of hydrogen-bond donors (Lipinski definition) is 1. The van der Waals surface area contributed by atoms with Gasteiger partial charge in [0.25, 0.3) is 0 Å². The number of nitrogens with zero attached hydrogens (tertiary/aromatic N) is 5. The first-order valence-corrected chi connectivity index (χ1v) is 8.71. The Morgan fingerprint density at radius 2 is 1.80 bits per heavy atom. The summed E-state index contributed by atoms with van der Waals surface area (Å²) >= 11 is 0. The minimum absolute atomic E-state index is 0. The van der Waals surface area contributed by atoms with Crippen LogP contribution in [-0.2, 0) is 18.3 Å². The predicted molar refractivity (Wildman–Crippen MR) is 112 cm³/mol. The smallest absolute Gasteiger partial charge is 0.219 e. The first-order chi connectivity index (χ1) is 11.4. The van der Waals surface area contributed by atoms with E-state index < -0.39 is 0 Å². The summed E-state index contributed by atoms with van der Waals surface area (Å²) in [7, 11) is 1.98. The van der Waals surface area contributed by atoms with Gasteiger partial charge in [0, 0.05) is 58.9 Å². The van der Waals surface area contributed by atoms with Crippen LogP contribution in [0.25, 0.3) is 0 Å². The lowest BCUT2D eigenvalue weighted by Crippen LogP contribution is -2.53. The molecule has 0 saturated carbocycles. The van der Waals surface area contributed by atoms with Crippen LogP contribution in [0.4, 0.5) is 0 Å². The second-order valence-electron chi connectivity index (χ2n) is 6.25. The van der Waals surface area contributed by atoms with Crippen LogP contribution in [0.3, 0.4) is 0 Å². The number of carbonyl (C=O) groups excluding carboxylic acids is 1. The highest BCUT2D eigenvalue weighted by Gasteiger charge is 2.20. The molecule has 0 unspecified atom stereocenters. The summed E-state index contributed by atoms with van der Waals surface area (Å²) < 4.78 is 1.93. The first-order valence-electron chi connectivity index (χ1n) is 8.71. The predicted octanol–water partition coefficient (Wildman–Crippen LogP) is 1.33. The summed E-state index contributed by atoms with van der Waals surface area (Å²) in [5.74, 6) is 1.10. The molecule has 1 aromatic heterocycles. The van der Waals surface area contributed by atoms with Gasteiger partial charge in [0.1, 0.15) is 0 Å². The van der Waals surface area contributed by atoms with E-state index in [9.17, 15) is 4.79 Å². The third-order valence-electron chi connectivity index (χ3n) is 4.64. The lowest BCUT2D eigenvalue weighted by Gasteiger charge is -2.36. The molecule has 0 aromatic carbocycles. The summed E-state index contributed by atoms with van der Waals surface area (Å²) in [6.07, 6.45) is 0.897. The maximum absolute atomic E-state index is 11.4. The molecular formula is C17H31IN6O. The SMILES string of the molecule is CCNC(=NCCc1c(C)nn(C)c1C)N1CCN(C(C)=O)CC1.I. The van der Waals surface area contributed by atoms with Gasteiger partial charge in [-0.05, 0) is 32.8 Å². The minimum atomic E-state index is 0. The fourth-order valence-electron chi connectivity index (χ4n) is 3.11. The van der Waals surface area contributed by atoms with E-state index in [1.165, 1.54) is 11.3 Å². The molecule has 0 aliphatic carbocycles. The van der Waals surface area contributed by atoms with Crippen LogP contribution in [0, 0.1) is 13.8 Å². The number of aromatic nitrogens is 2. The molecule has 1 aliphatic heterocycles. The van der Waals surface area contributed by atoms with Crippen LogP contribution in [0.5, 0.6) is 0 Å². The van der Waals surface area contributed by atoms with Crippen molar-refractivity contribution in [1.29, 1.82) is 0 Å². The average molecular weight is 462 g/mol. The van der Waals surface area contributed by atoms with Crippen molar-refractivity contribution in [2.45, 2.75) is 34.1 Å². The molecule has 1 aromatic rings. The highest BCUT2D eigenvalue weighted by molar-refractivity contribution is 14.0. The molecule has 142 valence electrons. The van der Waals surface area contributed by atoms with Crippen LogP contribution in [0.2, 0.25) is 0 Å². The van der Waals surface area contributed by atoms with Crippen molar-refractivity contribution in [2.24, 2.45) is 12.0 Å². The van der Waals surface area contributed by atoms with E-state index in [2.05, 4.69) is 36.1 Å². The maximum Gasteiger partial charge on any atom is 0.219 e. The number of piperazine rings is 1. The van der Waals surface area contributed by atoms with Crippen LogP contribution < -0.4 is 5.32 Å². The maximum atomic E-state index is 11.4. The molecule has 25 heavy (non-hydrogen) atoms. The van der Waals surface area contributed by atoms with Gasteiger partial charge in [-0.3, -0.25) is 14.5 Å². The van der Waals surface area contributed by atoms with Crippen molar-refractivity contribution < 1.29 is 4.79 Å². The molecule has 0 radical (unpaired) electrons. The summed E-state index contributed by atoms with van der Waals surface area (Å²) in [6, 6.07) is 0. The van der Waals surface area contributed by atoms with E-state index in [-0.39, 0.29) is 29.9 Å². The lowest BCUT2D eigenvalue weighted by atomic mass is 10.1. The second-order valence-corrected chi connectivity index (χ2v) is 6.25. The molecule has 7 nitrogen and oxygen atoms in total. The summed E-state index contributed by atoms with van der Waals surface area (Å²) in [5.41, 5.74) is 3.59. The molecule has 8 heteroatoms. The number of carbonyl (C=O) groups is 1. The van der Waals surface area contributed by atoms with Crippen LogP contribution in [0.1, 0.15) is 30.8 Å². The molecule has 1 N–H and O–H groups in total. The summed E-state index contributed by atoms with van der Waals surface area (Å²) in [4.78, 5) is 20.4. The molecule has 0 spiro atoms. The number of guanidine groups is 1. The minimum Gasteiger partial charge on any atom is -0.357 e. The van der Waals surface area contributed by atoms with E-state index in [4.69, 9.17) is 4.99 Å². The summed E-state index contributed by atoms with van der Waals surface area (Å²) in [6.45, 7) is 12.6. The number of aliphatic imine (C=N–C) groups is 1. The number of aryl methyl sites for hydroxylation is 2. The Morgan fingerprint density at radius 3 is 2.28 bits per heavy atom. The van der Waals surface area contributed by atoms with Crippen LogP contribution in [-0.4, -0.2) is 70.7 Å². The van der Waals surface area contributed by atoms with Gasteiger partial charge < -0.3 is 15.1 Å². The Morgan fingerprint density at radius 1 is 1.20 bits per heavy atom. The number of amides is 1. The van der Waals surface area contributed by atoms with Crippen LogP contribution >= 0.6 is 24.0 Å². The van der Waals surface area contributed by atoms with Gasteiger partial charge in [0.2, 0.25) is 5.91 Å².